The zero-order valence-corrected chi connectivity index (χ0v) is 15.3. The third kappa shape index (κ3) is 4.80. The Bertz CT molecular complexity index is 875. The quantitative estimate of drug-likeness (QED) is 0.622. The first-order valence-electron chi connectivity index (χ1n) is 7.75. The van der Waals surface area contributed by atoms with Crippen LogP contribution < -0.4 is 10.6 Å². The fourth-order valence-electron chi connectivity index (χ4n) is 2.24. The molecule has 0 unspecified atom stereocenters. The third-order valence-corrected chi connectivity index (χ3v) is 3.54. The van der Waals surface area contributed by atoms with Crippen molar-refractivity contribution in [3.05, 3.63) is 68.7 Å². The maximum absolute atomic E-state index is 12.5. The van der Waals surface area contributed by atoms with Crippen molar-refractivity contribution in [2.45, 2.75) is 26.3 Å². The van der Waals surface area contributed by atoms with Crippen LogP contribution in [0.15, 0.2) is 42.5 Å². The Labute approximate surface area is 155 Å². The van der Waals surface area contributed by atoms with Crippen molar-refractivity contribution < 1.29 is 14.5 Å². The number of halogens is 1. The predicted octanol–water partition coefficient (Wildman–Crippen LogP) is 4.03. The van der Waals surface area contributed by atoms with Crippen LogP contribution in [0.2, 0.25) is 5.02 Å². The second-order valence-electron chi connectivity index (χ2n) is 6.62. The lowest BCUT2D eigenvalue weighted by molar-refractivity contribution is -0.385. The first-order valence-corrected chi connectivity index (χ1v) is 8.13. The van der Waals surface area contributed by atoms with Crippen LogP contribution in [0.25, 0.3) is 0 Å². The van der Waals surface area contributed by atoms with Crippen LogP contribution in [-0.4, -0.2) is 22.3 Å². The third-order valence-electron chi connectivity index (χ3n) is 3.31. The van der Waals surface area contributed by atoms with E-state index in [0.29, 0.717) is 0 Å². The molecule has 8 heteroatoms. The molecule has 2 rings (SSSR count). The second-order valence-corrected chi connectivity index (χ2v) is 7.06. The number of rotatable bonds is 4. The van der Waals surface area contributed by atoms with Crippen LogP contribution in [0.4, 0.5) is 11.4 Å². The Morgan fingerprint density at radius 2 is 1.69 bits per heavy atom. The van der Waals surface area contributed by atoms with E-state index in [-0.39, 0.29) is 27.7 Å². The number of carbonyl (C=O) groups is 2. The lowest BCUT2D eigenvalue weighted by Gasteiger charge is -2.21. The Hall–Kier alpha value is -2.93. The molecule has 0 aliphatic carbocycles. The largest absolute Gasteiger partial charge is 0.347 e. The van der Waals surface area contributed by atoms with Crippen molar-refractivity contribution in [3.8, 4) is 0 Å². The van der Waals surface area contributed by atoms with Gasteiger partial charge in [-0.05, 0) is 45.0 Å². The minimum atomic E-state index is -0.704. The summed E-state index contributed by atoms with van der Waals surface area (Å²) in [5.41, 5.74) is -0.503. The van der Waals surface area contributed by atoms with Crippen LogP contribution in [0.5, 0.6) is 0 Å². The highest BCUT2D eigenvalue weighted by molar-refractivity contribution is 6.31. The molecule has 0 saturated heterocycles. The molecule has 0 saturated carbocycles. The van der Waals surface area contributed by atoms with Crippen molar-refractivity contribution in [3.63, 3.8) is 0 Å². The lowest BCUT2D eigenvalue weighted by Crippen LogP contribution is -2.40. The molecular weight excluding hydrogens is 358 g/mol. The number of nitrogens with zero attached hydrogens (tertiary/aromatic N) is 1. The van der Waals surface area contributed by atoms with Crippen LogP contribution in [0.1, 0.15) is 41.5 Å². The van der Waals surface area contributed by atoms with Gasteiger partial charge in [0.25, 0.3) is 17.5 Å². The summed E-state index contributed by atoms with van der Waals surface area (Å²) in [7, 11) is 0. The molecule has 26 heavy (non-hydrogen) atoms. The van der Waals surface area contributed by atoms with Crippen LogP contribution >= 0.6 is 11.6 Å². The maximum atomic E-state index is 12.5. The molecule has 2 N–H and O–H groups in total. The minimum absolute atomic E-state index is 0.148. The average Bonchev–Trinajstić information content (AvgIpc) is 2.53. The Balaban J connectivity index is 2.34. The van der Waals surface area contributed by atoms with E-state index in [1.807, 2.05) is 20.8 Å². The standard InChI is InChI=1S/C18H18ClN3O4/c1-18(2,3)21-17(24)12-6-4-5-7-14(12)20-16(23)13-9-8-11(19)10-15(13)22(25)26/h4-10H,1-3H3,(H,20,23)(H,21,24). The number of nitro groups is 1. The second kappa shape index (κ2) is 7.53. The van der Waals surface area contributed by atoms with Gasteiger partial charge in [-0.15, -0.1) is 0 Å². The van der Waals surface area contributed by atoms with E-state index < -0.39 is 22.1 Å². The molecule has 0 bridgehead atoms. The summed E-state index contributed by atoms with van der Waals surface area (Å²) in [6, 6.07) is 10.2. The van der Waals surface area contributed by atoms with Gasteiger partial charge in [-0.2, -0.15) is 0 Å². The highest BCUT2D eigenvalue weighted by atomic mass is 35.5. The van der Waals surface area contributed by atoms with Gasteiger partial charge in [0, 0.05) is 16.6 Å². The number of nitro benzene ring substituents is 1. The predicted molar refractivity (Wildman–Crippen MR) is 99.7 cm³/mol. The van der Waals surface area contributed by atoms with E-state index in [1.165, 1.54) is 12.1 Å². The van der Waals surface area contributed by atoms with E-state index >= 15 is 0 Å². The molecule has 2 amide bonds. The fraction of sp³-hybridized carbons (Fsp3) is 0.222. The topological polar surface area (TPSA) is 101 Å². The molecular formula is C18H18ClN3O4. The van der Waals surface area contributed by atoms with E-state index in [2.05, 4.69) is 10.6 Å². The summed E-state index contributed by atoms with van der Waals surface area (Å²) in [6.07, 6.45) is 0. The number of amides is 2. The number of anilines is 1. The average molecular weight is 376 g/mol. The number of carbonyl (C=O) groups excluding carboxylic acids is 2. The summed E-state index contributed by atoms with van der Waals surface area (Å²) in [4.78, 5) is 35.4. The summed E-state index contributed by atoms with van der Waals surface area (Å²) in [5.74, 6) is -1.07. The highest BCUT2D eigenvalue weighted by Crippen LogP contribution is 2.25. The summed E-state index contributed by atoms with van der Waals surface area (Å²) in [5, 5.41) is 16.7. The molecule has 136 valence electrons. The molecule has 0 aliphatic rings. The summed E-state index contributed by atoms with van der Waals surface area (Å²) in [6.45, 7) is 5.51. The first kappa shape index (κ1) is 19.4. The van der Waals surface area contributed by atoms with Gasteiger partial charge < -0.3 is 10.6 Å². The number of para-hydroxylation sites is 1. The molecule has 0 spiro atoms. The zero-order valence-electron chi connectivity index (χ0n) is 14.5. The molecule has 0 aliphatic heterocycles. The van der Waals surface area contributed by atoms with Gasteiger partial charge in [-0.1, -0.05) is 23.7 Å². The monoisotopic (exact) mass is 375 g/mol. The van der Waals surface area contributed by atoms with Crippen molar-refractivity contribution in [2.24, 2.45) is 0 Å². The van der Waals surface area contributed by atoms with E-state index in [4.69, 9.17) is 11.6 Å². The Morgan fingerprint density at radius 3 is 2.31 bits per heavy atom. The smallest absolute Gasteiger partial charge is 0.283 e. The lowest BCUT2D eigenvalue weighted by atomic mass is 10.1. The Morgan fingerprint density at radius 1 is 1.04 bits per heavy atom. The van der Waals surface area contributed by atoms with Gasteiger partial charge >= 0.3 is 0 Å². The van der Waals surface area contributed by atoms with Crippen molar-refractivity contribution in [2.75, 3.05) is 5.32 Å². The van der Waals surface area contributed by atoms with E-state index in [1.54, 1.807) is 24.3 Å². The molecule has 0 atom stereocenters. The van der Waals surface area contributed by atoms with Crippen molar-refractivity contribution in [1.82, 2.24) is 5.32 Å². The molecule has 2 aromatic carbocycles. The number of benzene rings is 2. The van der Waals surface area contributed by atoms with E-state index in [9.17, 15) is 19.7 Å². The van der Waals surface area contributed by atoms with Crippen LogP contribution in [0.3, 0.4) is 0 Å². The van der Waals surface area contributed by atoms with Crippen molar-refractivity contribution in [1.29, 1.82) is 0 Å². The Kier molecular flexibility index (Phi) is 5.62. The highest BCUT2D eigenvalue weighted by Gasteiger charge is 2.23. The number of nitrogens with one attached hydrogen (secondary N) is 2. The van der Waals surface area contributed by atoms with Gasteiger partial charge in [0.15, 0.2) is 0 Å². The van der Waals surface area contributed by atoms with Gasteiger partial charge in [0.1, 0.15) is 5.56 Å². The molecule has 2 aromatic rings. The molecule has 0 aromatic heterocycles. The van der Waals surface area contributed by atoms with Crippen LogP contribution in [-0.2, 0) is 0 Å². The maximum Gasteiger partial charge on any atom is 0.283 e. The number of hydrogen-bond donors (Lipinski definition) is 2. The van der Waals surface area contributed by atoms with Gasteiger partial charge in [0.05, 0.1) is 16.2 Å². The molecule has 7 nitrogen and oxygen atoms in total. The zero-order chi connectivity index (χ0) is 19.5. The summed E-state index contributed by atoms with van der Waals surface area (Å²) < 4.78 is 0. The fourth-order valence-corrected chi connectivity index (χ4v) is 2.40. The van der Waals surface area contributed by atoms with Crippen LogP contribution in [0, 0.1) is 10.1 Å². The minimum Gasteiger partial charge on any atom is -0.347 e. The normalized spacial score (nSPS) is 10.9. The van der Waals surface area contributed by atoms with Gasteiger partial charge in [-0.3, -0.25) is 19.7 Å². The van der Waals surface area contributed by atoms with Gasteiger partial charge in [0.2, 0.25) is 0 Å². The SMILES string of the molecule is CC(C)(C)NC(=O)c1ccccc1NC(=O)c1ccc(Cl)cc1[N+](=O)[O-]. The molecule has 0 heterocycles. The van der Waals surface area contributed by atoms with Crippen molar-refractivity contribution >= 4 is 34.8 Å². The first-order chi connectivity index (χ1) is 12.1. The molecule has 0 radical (unpaired) electrons. The van der Waals surface area contributed by atoms with E-state index in [0.717, 1.165) is 6.07 Å². The summed E-state index contributed by atoms with van der Waals surface area (Å²) >= 11 is 5.76. The number of hydrogen-bond acceptors (Lipinski definition) is 4. The molecule has 0 fully saturated rings. The van der Waals surface area contributed by atoms with Gasteiger partial charge in [-0.25, -0.2) is 0 Å².